The molecule has 0 radical (unpaired) electrons. The molecular formula is C18H22N4O2. The second kappa shape index (κ2) is 6.86. The molecule has 6 nitrogen and oxygen atoms in total. The average molecular weight is 326 g/mol. The number of carbonyl (C=O) groups excluding carboxylic acids is 1. The molecular weight excluding hydrogens is 304 g/mol. The Bertz CT molecular complexity index is 730. The number of hydrogen-bond acceptors (Lipinski definition) is 4. The lowest BCUT2D eigenvalue weighted by molar-refractivity contribution is 0.188. The number of rotatable bonds is 3. The summed E-state index contributed by atoms with van der Waals surface area (Å²) in [7, 11) is 0. The van der Waals surface area contributed by atoms with Crippen LogP contribution in [0.25, 0.3) is 0 Å². The minimum absolute atomic E-state index is 0.0486. The summed E-state index contributed by atoms with van der Waals surface area (Å²) in [5, 5.41) is 10.9. The zero-order valence-corrected chi connectivity index (χ0v) is 14.2. The summed E-state index contributed by atoms with van der Waals surface area (Å²) in [6.45, 7) is 7.18. The zero-order valence-electron chi connectivity index (χ0n) is 14.2. The van der Waals surface area contributed by atoms with Gasteiger partial charge in [0.25, 0.3) is 0 Å². The molecule has 1 saturated heterocycles. The maximum Gasteiger partial charge on any atom is 0.321 e. The number of likely N-dealkylation sites (tertiary alicyclic amines) is 1. The summed E-state index contributed by atoms with van der Waals surface area (Å²) in [6, 6.07) is 9.49. The van der Waals surface area contributed by atoms with Gasteiger partial charge in [0, 0.05) is 24.7 Å². The van der Waals surface area contributed by atoms with Gasteiger partial charge in [0.2, 0.25) is 5.88 Å². The lowest BCUT2D eigenvalue weighted by Crippen LogP contribution is -2.34. The van der Waals surface area contributed by atoms with Crippen molar-refractivity contribution in [2.24, 2.45) is 0 Å². The second-order valence-electron chi connectivity index (χ2n) is 6.22. The number of hydrogen-bond donors (Lipinski definition) is 1. The molecule has 0 spiro atoms. The number of aryl methyl sites for hydroxylation is 3. The molecule has 2 amide bonds. The van der Waals surface area contributed by atoms with E-state index in [4.69, 9.17) is 4.74 Å². The van der Waals surface area contributed by atoms with Crippen molar-refractivity contribution in [3.63, 3.8) is 0 Å². The third-order valence-electron chi connectivity index (χ3n) is 4.25. The van der Waals surface area contributed by atoms with Crippen LogP contribution in [-0.4, -0.2) is 40.3 Å². The minimum Gasteiger partial charge on any atom is -0.471 e. The van der Waals surface area contributed by atoms with Crippen molar-refractivity contribution >= 4 is 11.7 Å². The van der Waals surface area contributed by atoms with Crippen molar-refractivity contribution in [2.75, 3.05) is 18.4 Å². The lowest BCUT2D eigenvalue weighted by Gasteiger charge is -2.18. The summed E-state index contributed by atoms with van der Waals surface area (Å²) in [5.41, 5.74) is 4.04. The number of nitrogens with one attached hydrogen (secondary N) is 1. The number of nitrogens with zero attached hydrogens (tertiary/aromatic N) is 3. The van der Waals surface area contributed by atoms with Crippen LogP contribution < -0.4 is 10.1 Å². The van der Waals surface area contributed by atoms with Gasteiger partial charge in [0.1, 0.15) is 6.10 Å². The summed E-state index contributed by atoms with van der Waals surface area (Å²) in [4.78, 5) is 14.2. The molecule has 2 aromatic rings. The fourth-order valence-corrected chi connectivity index (χ4v) is 2.65. The maximum absolute atomic E-state index is 12.4. The van der Waals surface area contributed by atoms with Crippen LogP contribution in [0.15, 0.2) is 30.3 Å². The predicted molar refractivity (Wildman–Crippen MR) is 92.3 cm³/mol. The summed E-state index contributed by atoms with van der Waals surface area (Å²) in [6.07, 6.45) is 0.739. The van der Waals surface area contributed by atoms with Crippen LogP contribution in [-0.2, 0) is 0 Å². The maximum atomic E-state index is 12.4. The highest BCUT2D eigenvalue weighted by Gasteiger charge is 2.28. The number of ether oxygens (including phenoxy) is 1. The first kappa shape index (κ1) is 16.2. The largest absolute Gasteiger partial charge is 0.471 e. The first-order valence-electron chi connectivity index (χ1n) is 8.11. The quantitative estimate of drug-likeness (QED) is 0.941. The lowest BCUT2D eigenvalue weighted by atomic mass is 10.1. The van der Waals surface area contributed by atoms with Crippen molar-refractivity contribution in [3.05, 3.63) is 47.2 Å². The molecule has 0 saturated carbocycles. The Morgan fingerprint density at radius 3 is 2.71 bits per heavy atom. The highest BCUT2D eigenvalue weighted by atomic mass is 16.5. The van der Waals surface area contributed by atoms with E-state index in [2.05, 4.69) is 22.4 Å². The first-order valence-corrected chi connectivity index (χ1v) is 8.11. The average Bonchev–Trinajstić information content (AvgIpc) is 3.02. The van der Waals surface area contributed by atoms with Gasteiger partial charge in [-0.3, -0.25) is 0 Å². The molecule has 1 aromatic carbocycles. The smallest absolute Gasteiger partial charge is 0.321 e. The van der Waals surface area contributed by atoms with Crippen molar-refractivity contribution in [2.45, 2.75) is 33.3 Å². The second-order valence-corrected chi connectivity index (χ2v) is 6.22. The Morgan fingerprint density at radius 2 is 2.00 bits per heavy atom. The molecule has 3 rings (SSSR count). The first-order chi connectivity index (χ1) is 11.5. The molecule has 1 aliphatic rings. The molecule has 2 heterocycles. The van der Waals surface area contributed by atoms with Gasteiger partial charge in [-0.2, -0.15) is 5.10 Å². The van der Waals surface area contributed by atoms with E-state index in [1.807, 2.05) is 38.1 Å². The minimum atomic E-state index is -0.0978. The number of anilines is 1. The van der Waals surface area contributed by atoms with Crippen LogP contribution in [0.4, 0.5) is 10.5 Å². The van der Waals surface area contributed by atoms with Crippen molar-refractivity contribution in [3.8, 4) is 5.88 Å². The number of amides is 2. The monoisotopic (exact) mass is 326 g/mol. The summed E-state index contributed by atoms with van der Waals surface area (Å²) in [5.74, 6) is 0.502. The molecule has 1 aromatic heterocycles. The van der Waals surface area contributed by atoms with E-state index < -0.39 is 0 Å². The van der Waals surface area contributed by atoms with Crippen LogP contribution in [0.2, 0.25) is 0 Å². The molecule has 1 aliphatic heterocycles. The Labute approximate surface area is 141 Å². The third kappa shape index (κ3) is 3.82. The van der Waals surface area contributed by atoms with Crippen LogP contribution in [0.3, 0.4) is 0 Å². The van der Waals surface area contributed by atoms with E-state index in [1.165, 1.54) is 5.56 Å². The van der Waals surface area contributed by atoms with Gasteiger partial charge in [-0.1, -0.05) is 6.07 Å². The van der Waals surface area contributed by atoms with E-state index in [0.29, 0.717) is 19.0 Å². The van der Waals surface area contributed by atoms with Gasteiger partial charge < -0.3 is 15.0 Å². The Kier molecular flexibility index (Phi) is 4.64. The van der Waals surface area contributed by atoms with E-state index in [0.717, 1.165) is 23.4 Å². The van der Waals surface area contributed by atoms with Gasteiger partial charge in [0.15, 0.2) is 0 Å². The van der Waals surface area contributed by atoms with E-state index in [9.17, 15) is 4.79 Å². The highest BCUT2D eigenvalue weighted by Crippen LogP contribution is 2.19. The topological polar surface area (TPSA) is 67.3 Å². The molecule has 1 fully saturated rings. The highest BCUT2D eigenvalue weighted by molar-refractivity contribution is 5.89. The fraction of sp³-hybridized carbons (Fsp3) is 0.389. The Hall–Kier alpha value is -2.63. The fourth-order valence-electron chi connectivity index (χ4n) is 2.65. The van der Waals surface area contributed by atoms with E-state index in [-0.39, 0.29) is 12.1 Å². The molecule has 1 unspecified atom stereocenters. The van der Waals surface area contributed by atoms with Crippen LogP contribution >= 0.6 is 0 Å². The SMILES string of the molecule is Cc1ccc(OC2CCN(C(=O)Nc3ccc(C)c(C)c3)C2)nn1. The molecule has 24 heavy (non-hydrogen) atoms. The molecule has 126 valence electrons. The summed E-state index contributed by atoms with van der Waals surface area (Å²) < 4.78 is 5.80. The predicted octanol–water partition coefficient (Wildman–Crippen LogP) is 3.09. The number of benzene rings is 1. The molecule has 1 N–H and O–H groups in total. The van der Waals surface area contributed by atoms with E-state index in [1.54, 1.807) is 11.0 Å². The summed E-state index contributed by atoms with van der Waals surface area (Å²) >= 11 is 0. The van der Waals surface area contributed by atoms with Crippen LogP contribution in [0.1, 0.15) is 23.2 Å². The normalized spacial score (nSPS) is 17.0. The Balaban J connectivity index is 1.55. The van der Waals surface area contributed by atoms with Gasteiger partial charge >= 0.3 is 6.03 Å². The van der Waals surface area contributed by atoms with Crippen molar-refractivity contribution in [1.29, 1.82) is 0 Å². The zero-order chi connectivity index (χ0) is 17.1. The van der Waals surface area contributed by atoms with Gasteiger partial charge in [-0.15, -0.1) is 5.10 Å². The molecule has 0 aliphatic carbocycles. The van der Waals surface area contributed by atoms with Gasteiger partial charge in [-0.25, -0.2) is 4.79 Å². The molecule has 1 atom stereocenters. The Morgan fingerprint density at radius 1 is 1.17 bits per heavy atom. The van der Waals surface area contributed by atoms with Gasteiger partial charge in [0.05, 0.1) is 12.2 Å². The molecule has 0 bridgehead atoms. The van der Waals surface area contributed by atoms with Crippen LogP contribution in [0.5, 0.6) is 5.88 Å². The van der Waals surface area contributed by atoms with Crippen molar-refractivity contribution < 1.29 is 9.53 Å². The third-order valence-corrected chi connectivity index (χ3v) is 4.25. The van der Waals surface area contributed by atoms with E-state index >= 15 is 0 Å². The number of urea groups is 1. The van der Waals surface area contributed by atoms with Crippen molar-refractivity contribution in [1.82, 2.24) is 15.1 Å². The molecule has 6 heteroatoms. The van der Waals surface area contributed by atoms with Crippen LogP contribution in [0, 0.1) is 20.8 Å². The standard InChI is InChI=1S/C18H22N4O2/c1-12-4-6-15(10-13(12)2)19-18(23)22-9-8-16(11-22)24-17-7-5-14(3)20-21-17/h4-7,10,16H,8-9,11H2,1-3H3,(H,19,23). The van der Waals surface area contributed by atoms with Gasteiger partial charge in [-0.05, 0) is 50.1 Å². The number of aromatic nitrogens is 2. The number of carbonyl (C=O) groups is 1.